The number of rotatable bonds is 2. The van der Waals surface area contributed by atoms with E-state index in [0.29, 0.717) is 21.3 Å². The number of fused-ring (bicyclic) bond motifs is 1. The molecule has 3 rings (SSSR count). The molecule has 0 aliphatic rings. The van der Waals surface area contributed by atoms with Gasteiger partial charge >= 0.3 is 0 Å². The van der Waals surface area contributed by atoms with E-state index in [0.717, 1.165) is 11.3 Å². The number of phenolic OH excluding ortho intramolecular Hbond substituents is 3. The summed E-state index contributed by atoms with van der Waals surface area (Å²) in [7, 11) is 0. The van der Waals surface area contributed by atoms with Gasteiger partial charge in [0.2, 0.25) is 5.78 Å². The maximum Gasteiger partial charge on any atom is 0.221 e. The van der Waals surface area contributed by atoms with E-state index in [1.54, 1.807) is 13.0 Å². The summed E-state index contributed by atoms with van der Waals surface area (Å²) in [6, 6.07) is 7.29. The van der Waals surface area contributed by atoms with Crippen LogP contribution < -0.4 is 0 Å². The molecule has 0 radical (unpaired) electrons. The van der Waals surface area contributed by atoms with Crippen LogP contribution in [0.2, 0.25) is 0 Å². The Hall–Kier alpha value is -2.60. The minimum Gasteiger partial charge on any atom is -0.508 e. The summed E-state index contributed by atoms with van der Waals surface area (Å²) in [5.74, 6) is -0.651. The fraction of sp³-hybridized carbons (Fsp3) is 0.0667. The number of carbonyl (C=O) groups is 1. The lowest BCUT2D eigenvalue weighted by molar-refractivity contribution is 0.103. The predicted octanol–water partition coefficient (Wildman–Crippen LogP) is 2.95. The van der Waals surface area contributed by atoms with Crippen molar-refractivity contribution < 1.29 is 20.1 Å². The van der Waals surface area contributed by atoms with Crippen molar-refractivity contribution in [1.29, 1.82) is 0 Å². The van der Waals surface area contributed by atoms with Gasteiger partial charge in [0.25, 0.3) is 0 Å². The van der Waals surface area contributed by atoms with Crippen LogP contribution in [0, 0.1) is 6.92 Å². The van der Waals surface area contributed by atoms with E-state index in [4.69, 9.17) is 0 Å². The maximum absolute atomic E-state index is 12.4. The van der Waals surface area contributed by atoms with Gasteiger partial charge in [0.15, 0.2) is 16.5 Å². The third-order valence-corrected chi connectivity index (χ3v) is 4.15. The van der Waals surface area contributed by atoms with Crippen molar-refractivity contribution in [3.8, 4) is 17.2 Å². The van der Waals surface area contributed by atoms with Crippen LogP contribution in [0.15, 0.2) is 30.3 Å². The molecule has 3 aromatic rings. The highest BCUT2D eigenvalue weighted by atomic mass is 32.1. The smallest absolute Gasteiger partial charge is 0.221 e. The largest absolute Gasteiger partial charge is 0.508 e. The zero-order valence-corrected chi connectivity index (χ0v) is 11.8. The summed E-state index contributed by atoms with van der Waals surface area (Å²) >= 11 is 1.14. The normalized spacial score (nSPS) is 10.9. The lowest BCUT2D eigenvalue weighted by Gasteiger charge is -2.01. The summed E-state index contributed by atoms with van der Waals surface area (Å²) < 4.78 is 0.615. The number of ketones is 1. The van der Waals surface area contributed by atoms with Crippen LogP contribution in [0.25, 0.3) is 10.2 Å². The average molecular weight is 301 g/mol. The van der Waals surface area contributed by atoms with Crippen molar-refractivity contribution in [3.63, 3.8) is 0 Å². The number of nitrogens with zero attached hydrogens (tertiary/aromatic N) is 1. The van der Waals surface area contributed by atoms with E-state index >= 15 is 0 Å². The molecule has 0 atom stereocenters. The number of phenols is 3. The quantitative estimate of drug-likeness (QED) is 0.500. The highest BCUT2D eigenvalue weighted by Crippen LogP contribution is 2.33. The topological polar surface area (TPSA) is 90.7 Å². The van der Waals surface area contributed by atoms with Gasteiger partial charge in [-0.1, -0.05) is 0 Å². The fourth-order valence-corrected chi connectivity index (χ4v) is 2.91. The molecule has 1 aromatic heterocycles. The molecule has 106 valence electrons. The number of aromatic hydroxyl groups is 3. The Balaban J connectivity index is 2.07. The van der Waals surface area contributed by atoms with Crippen molar-refractivity contribution in [2.45, 2.75) is 6.92 Å². The van der Waals surface area contributed by atoms with Gasteiger partial charge < -0.3 is 15.3 Å². The molecule has 6 heteroatoms. The molecule has 21 heavy (non-hydrogen) atoms. The average Bonchev–Trinajstić information content (AvgIpc) is 2.84. The van der Waals surface area contributed by atoms with Crippen LogP contribution in [0.5, 0.6) is 17.2 Å². The molecule has 3 N–H and O–H groups in total. The molecule has 0 aliphatic heterocycles. The second kappa shape index (κ2) is 4.75. The lowest BCUT2D eigenvalue weighted by Crippen LogP contribution is -2.00. The SMILES string of the molecule is Cc1cc(C(=O)c2nc3cc(O)c(O)cc3s2)ccc1O. The lowest BCUT2D eigenvalue weighted by atomic mass is 10.1. The van der Waals surface area contributed by atoms with Gasteiger partial charge in [0, 0.05) is 17.7 Å². The van der Waals surface area contributed by atoms with Crippen LogP contribution in [0.3, 0.4) is 0 Å². The van der Waals surface area contributed by atoms with Gasteiger partial charge in [-0.15, -0.1) is 11.3 Å². The zero-order chi connectivity index (χ0) is 15.1. The number of hydrogen-bond acceptors (Lipinski definition) is 6. The molecule has 5 nitrogen and oxygen atoms in total. The Morgan fingerprint density at radius 1 is 1.05 bits per heavy atom. The first-order valence-corrected chi connectivity index (χ1v) is 6.94. The molecule has 0 spiro atoms. The van der Waals surface area contributed by atoms with Crippen molar-refractivity contribution in [1.82, 2.24) is 4.98 Å². The third-order valence-electron chi connectivity index (χ3n) is 3.14. The van der Waals surface area contributed by atoms with Crippen LogP contribution >= 0.6 is 11.3 Å². The molecule has 1 heterocycles. The van der Waals surface area contributed by atoms with E-state index in [1.165, 1.54) is 24.3 Å². The Labute approximate surface area is 123 Å². The Morgan fingerprint density at radius 3 is 2.48 bits per heavy atom. The van der Waals surface area contributed by atoms with Crippen LogP contribution in [0.1, 0.15) is 20.9 Å². The van der Waals surface area contributed by atoms with E-state index < -0.39 is 0 Å². The molecule has 0 amide bonds. The monoisotopic (exact) mass is 301 g/mol. The summed E-state index contributed by atoms with van der Waals surface area (Å²) in [5.41, 5.74) is 1.49. The molecule has 2 aromatic carbocycles. The van der Waals surface area contributed by atoms with Gasteiger partial charge in [-0.25, -0.2) is 4.98 Å². The molecule has 0 bridgehead atoms. The first kappa shape index (κ1) is 13.4. The second-order valence-electron chi connectivity index (χ2n) is 4.66. The number of aromatic nitrogens is 1. The van der Waals surface area contributed by atoms with Crippen molar-refractivity contribution >= 4 is 27.3 Å². The second-order valence-corrected chi connectivity index (χ2v) is 5.69. The molecule has 0 unspecified atom stereocenters. The number of benzene rings is 2. The van der Waals surface area contributed by atoms with E-state index in [9.17, 15) is 20.1 Å². The van der Waals surface area contributed by atoms with E-state index in [2.05, 4.69) is 4.98 Å². The first-order valence-electron chi connectivity index (χ1n) is 6.12. The number of aryl methyl sites for hydroxylation is 1. The molecule has 0 fully saturated rings. The van der Waals surface area contributed by atoms with E-state index in [1.807, 2.05) is 0 Å². The maximum atomic E-state index is 12.4. The van der Waals surface area contributed by atoms with Gasteiger partial charge in [-0.3, -0.25) is 4.79 Å². The van der Waals surface area contributed by atoms with E-state index in [-0.39, 0.29) is 28.0 Å². The van der Waals surface area contributed by atoms with Crippen LogP contribution in [-0.2, 0) is 0 Å². The Kier molecular flexibility index (Phi) is 3.03. The first-order chi connectivity index (χ1) is 9.95. The summed E-state index contributed by atoms with van der Waals surface area (Å²) in [5, 5.41) is 28.7. The summed E-state index contributed by atoms with van der Waals surface area (Å²) in [6.07, 6.45) is 0. The number of hydrogen-bond donors (Lipinski definition) is 3. The standard InChI is InChI=1S/C15H11NO4S/c1-7-4-8(2-3-10(7)17)14(20)15-16-9-5-11(18)12(19)6-13(9)21-15/h2-6,17-19H,1H3. The Bertz CT molecular complexity index is 830. The van der Waals surface area contributed by atoms with Crippen molar-refractivity contribution in [2.24, 2.45) is 0 Å². The minimum absolute atomic E-state index is 0.130. The van der Waals surface area contributed by atoms with Gasteiger partial charge in [0.1, 0.15) is 5.75 Å². The zero-order valence-electron chi connectivity index (χ0n) is 11.0. The van der Waals surface area contributed by atoms with Gasteiger partial charge in [-0.05, 0) is 30.7 Å². The summed E-state index contributed by atoms with van der Waals surface area (Å²) in [6.45, 7) is 1.71. The van der Waals surface area contributed by atoms with Crippen molar-refractivity contribution in [2.75, 3.05) is 0 Å². The van der Waals surface area contributed by atoms with Gasteiger partial charge in [-0.2, -0.15) is 0 Å². The van der Waals surface area contributed by atoms with Crippen LogP contribution in [-0.4, -0.2) is 26.1 Å². The summed E-state index contributed by atoms with van der Waals surface area (Å²) in [4.78, 5) is 16.6. The third kappa shape index (κ3) is 2.30. The molecular weight excluding hydrogens is 290 g/mol. The highest BCUT2D eigenvalue weighted by molar-refractivity contribution is 7.20. The molecular formula is C15H11NO4S. The number of carbonyl (C=O) groups excluding carboxylic acids is 1. The minimum atomic E-state index is -0.271. The van der Waals surface area contributed by atoms with Crippen LogP contribution in [0.4, 0.5) is 0 Å². The number of thiazole rings is 1. The molecule has 0 aliphatic carbocycles. The van der Waals surface area contributed by atoms with Gasteiger partial charge in [0.05, 0.1) is 10.2 Å². The fourth-order valence-electron chi connectivity index (χ4n) is 1.97. The van der Waals surface area contributed by atoms with Crippen molar-refractivity contribution in [3.05, 3.63) is 46.5 Å². The molecule has 0 saturated heterocycles. The highest BCUT2D eigenvalue weighted by Gasteiger charge is 2.16. The molecule has 0 saturated carbocycles. The Morgan fingerprint density at radius 2 is 1.76 bits per heavy atom. The predicted molar refractivity (Wildman–Crippen MR) is 79.2 cm³/mol.